The first-order chi connectivity index (χ1) is 28.3. The second kappa shape index (κ2) is 14.1. The van der Waals surface area contributed by atoms with Gasteiger partial charge in [0.25, 0.3) is 0 Å². The van der Waals surface area contributed by atoms with E-state index in [2.05, 4.69) is 222 Å². The fourth-order valence-corrected chi connectivity index (χ4v) is 15.9. The van der Waals surface area contributed by atoms with Gasteiger partial charge in [-0.05, 0) is 96.3 Å². The first-order valence-electron chi connectivity index (χ1n) is 20.8. The second-order valence-electron chi connectivity index (χ2n) is 16.8. The van der Waals surface area contributed by atoms with Crippen molar-refractivity contribution in [1.82, 2.24) is 0 Å². The lowest BCUT2D eigenvalue weighted by molar-refractivity contribution is 1.30. The van der Waals surface area contributed by atoms with Gasteiger partial charge in [-0.1, -0.05) is 208 Å². The third-order valence-electron chi connectivity index (χ3n) is 13.1. The number of nitrogens with zero attached hydrogens (tertiary/aromatic N) is 1. The van der Waals surface area contributed by atoms with Gasteiger partial charge in [0.2, 0.25) is 13.4 Å². The molecule has 0 amide bonds. The lowest BCUT2D eigenvalue weighted by atomic mass is 9.29. The Balaban J connectivity index is 1.32. The zero-order chi connectivity index (χ0) is 39.7. The number of hydrogen-bond acceptors (Lipinski definition) is 1. The summed E-state index contributed by atoms with van der Waals surface area (Å²) in [5.41, 5.74) is 20.3. The molecule has 0 saturated heterocycles. The van der Waals surface area contributed by atoms with E-state index in [1.807, 2.05) is 0 Å². The van der Waals surface area contributed by atoms with Crippen LogP contribution in [0.25, 0.3) is 0 Å². The summed E-state index contributed by atoms with van der Waals surface area (Å²) in [6, 6.07) is 67.5. The average Bonchev–Trinajstić information content (AvgIpc) is 3.23. The van der Waals surface area contributed by atoms with E-state index >= 15 is 0 Å². The van der Waals surface area contributed by atoms with Gasteiger partial charge in [0.1, 0.15) is 0 Å². The van der Waals surface area contributed by atoms with Crippen LogP contribution in [-0.2, 0) is 0 Å². The van der Waals surface area contributed by atoms with Gasteiger partial charge in [0.05, 0.1) is 0 Å². The molecule has 58 heavy (non-hydrogen) atoms. The van der Waals surface area contributed by atoms with E-state index in [1.165, 1.54) is 104 Å². The maximum absolute atomic E-state index is 2.81. The molecule has 0 N–H and O–H groups in total. The van der Waals surface area contributed by atoms with Crippen LogP contribution in [0.5, 0.6) is 0 Å². The monoisotopic (exact) mass is 759 g/mol. The van der Waals surface area contributed by atoms with Gasteiger partial charge in [-0.15, -0.1) is 0 Å². The van der Waals surface area contributed by atoms with Crippen molar-refractivity contribution in [3.63, 3.8) is 0 Å². The predicted molar refractivity (Wildman–Crippen MR) is 255 cm³/mol. The standard InChI is InChI=1S/C54H47B2NSi/c1-36-31-38(3)52(39(4)32-36)55-46-25-16-17-28-50(46)57-51-30-29-45(58(42-19-10-7-11-20-42,43-21-12-8-13-22-43)44-23-14-9-15-24-44)35-49(51)56(48-27-18-26-47(55)54(48)57)53-40(5)33-37(2)34-41(53)6/h7-35H,1-6H3. The van der Waals surface area contributed by atoms with Crippen molar-refractivity contribution < 1.29 is 0 Å². The number of benzene rings is 8. The van der Waals surface area contributed by atoms with Crippen LogP contribution in [0.15, 0.2) is 176 Å². The molecule has 8 aromatic carbocycles. The van der Waals surface area contributed by atoms with Gasteiger partial charge in [0.15, 0.2) is 8.07 Å². The van der Waals surface area contributed by atoms with Gasteiger partial charge in [-0.2, -0.15) is 0 Å². The molecule has 0 spiro atoms. The van der Waals surface area contributed by atoms with Gasteiger partial charge in [-0.25, -0.2) is 0 Å². The molecule has 10 rings (SSSR count). The predicted octanol–water partition coefficient (Wildman–Crippen LogP) is 6.04. The molecule has 0 bridgehead atoms. The Labute approximate surface area is 346 Å². The van der Waals surface area contributed by atoms with Crippen LogP contribution in [0.3, 0.4) is 0 Å². The highest BCUT2D eigenvalue weighted by Crippen LogP contribution is 2.37. The summed E-state index contributed by atoms with van der Waals surface area (Å²) in [6.07, 6.45) is 0. The first kappa shape index (κ1) is 36.3. The number of para-hydroxylation sites is 2. The number of fused-ring (bicyclic) bond motifs is 4. The molecule has 1 nitrogen and oxygen atoms in total. The highest BCUT2D eigenvalue weighted by Gasteiger charge is 2.47. The third kappa shape index (κ3) is 5.46. The summed E-state index contributed by atoms with van der Waals surface area (Å²) in [5.74, 6) is 0. The quantitative estimate of drug-likeness (QED) is 0.148. The van der Waals surface area contributed by atoms with E-state index in [4.69, 9.17) is 0 Å². The summed E-state index contributed by atoms with van der Waals surface area (Å²) in [6.45, 7) is 13.9. The van der Waals surface area contributed by atoms with Gasteiger partial charge >= 0.3 is 0 Å². The third-order valence-corrected chi connectivity index (χ3v) is 17.9. The maximum Gasteiger partial charge on any atom is 0.247 e. The molecule has 2 aliphatic rings. The molecule has 8 aromatic rings. The smallest absolute Gasteiger partial charge is 0.247 e. The van der Waals surface area contributed by atoms with Crippen LogP contribution in [0.2, 0.25) is 0 Å². The molecule has 0 unspecified atom stereocenters. The molecular formula is C54H47B2NSi. The molecule has 4 heteroatoms. The van der Waals surface area contributed by atoms with Crippen LogP contribution in [0, 0.1) is 41.5 Å². The summed E-state index contributed by atoms with van der Waals surface area (Å²) >= 11 is 0. The zero-order valence-electron chi connectivity index (χ0n) is 34.3. The Hall–Kier alpha value is -6.09. The Morgan fingerprint density at radius 2 is 0.741 bits per heavy atom. The maximum atomic E-state index is 2.64. The minimum atomic E-state index is -2.81. The molecule has 0 radical (unpaired) electrons. The van der Waals surface area contributed by atoms with E-state index in [0.717, 1.165) is 0 Å². The van der Waals surface area contributed by atoms with Gasteiger partial charge < -0.3 is 4.90 Å². The van der Waals surface area contributed by atoms with E-state index < -0.39 is 8.07 Å². The minimum absolute atomic E-state index is 0.0434. The molecule has 0 aliphatic carbocycles. The Morgan fingerprint density at radius 3 is 1.22 bits per heavy atom. The van der Waals surface area contributed by atoms with Crippen molar-refractivity contribution in [2.24, 2.45) is 0 Å². The molecular weight excluding hydrogens is 712 g/mol. The largest absolute Gasteiger partial charge is 0.313 e. The van der Waals surface area contributed by atoms with Crippen LogP contribution in [0.4, 0.5) is 17.1 Å². The molecule has 0 saturated carbocycles. The fraction of sp³-hybridized carbons (Fsp3) is 0.111. The van der Waals surface area contributed by atoms with Crippen molar-refractivity contribution in [3.05, 3.63) is 209 Å². The number of rotatable bonds is 6. The lowest BCUT2D eigenvalue weighted by Crippen LogP contribution is -2.75. The highest BCUT2D eigenvalue weighted by molar-refractivity contribution is 7.20. The van der Waals surface area contributed by atoms with Crippen molar-refractivity contribution in [1.29, 1.82) is 0 Å². The molecule has 2 aliphatic heterocycles. The zero-order valence-corrected chi connectivity index (χ0v) is 35.3. The van der Waals surface area contributed by atoms with E-state index in [-0.39, 0.29) is 13.4 Å². The second-order valence-corrected chi connectivity index (χ2v) is 20.6. The first-order valence-corrected chi connectivity index (χ1v) is 22.8. The van der Waals surface area contributed by atoms with Gasteiger partial charge in [-0.3, -0.25) is 0 Å². The van der Waals surface area contributed by atoms with Crippen molar-refractivity contribution in [3.8, 4) is 0 Å². The summed E-state index contributed by atoms with van der Waals surface area (Å²) < 4.78 is 0. The van der Waals surface area contributed by atoms with Gasteiger partial charge in [0, 0.05) is 17.1 Å². The molecule has 2 heterocycles. The Morgan fingerprint density at radius 1 is 0.345 bits per heavy atom. The number of anilines is 3. The fourth-order valence-electron chi connectivity index (χ4n) is 11.1. The van der Waals surface area contributed by atoms with Crippen molar-refractivity contribution >= 4 is 92.1 Å². The highest BCUT2D eigenvalue weighted by atomic mass is 28.3. The average molecular weight is 760 g/mol. The topological polar surface area (TPSA) is 3.24 Å². The Bertz CT molecular complexity index is 2730. The minimum Gasteiger partial charge on any atom is -0.313 e. The van der Waals surface area contributed by atoms with Crippen LogP contribution in [-0.4, -0.2) is 21.5 Å². The van der Waals surface area contributed by atoms with E-state index in [1.54, 1.807) is 0 Å². The van der Waals surface area contributed by atoms with Crippen molar-refractivity contribution in [2.75, 3.05) is 4.90 Å². The van der Waals surface area contributed by atoms with E-state index in [9.17, 15) is 0 Å². The molecule has 0 fully saturated rings. The van der Waals surface area contributed by atoms with Crippen LogP contribution < -0.4 is 58.4 Å². The molecule has 0 atom stereocenters. The summed E-state index contributed by atoms with van der Waals surface area (Å²) in [4.78, 5) is 2.63. The Kier molecular flexibility index (Phi) is 8.80. The normalized spacial score (nSPS) is 12.9. The lowest BCUT2D eigenvalue weighted by Gasteiger charge is -2.45. The SMILES string of the molecule is Cc1cc(C)c(B2c3ccccc3N3c4ccc([Si](c5ccccc5)(c5ccccc5)c5ccccc5)cc4B(c4c(C)cc(C)cc4C)c4cccc2c43)c(C)c1. The van der Waals surface area contributed by atoms with Crippen molar-refractivity contribution in [2.45, 2.75) is 41.5 Å². The molecule has 0 aromatic heterocycles. The molecule has 278 valence electrons. The summed E-state index contributed by atoms with van der Waals surface area (Å²) in [5, 5.41) is 5.57. The van der Waals surface area contributed by atoms with Crippen LogP contribution >= 0.6 is 0 Å². The van der Waals surface area contributed by atoms with E-state index in [0.29, 0.717) is 0 Å². The van der Waals surface area contributed by atoms with Crippen LogP contribution in [0.1, 0.15) is 33.4 Å². The number of hydrogen-bond donors (Lipinski definition) is 0. The number of aryl methyl sites for hydroxylation is 6. The summed E-state index contributed by atoms with van der Waals surface area (Å²) in [7, 11) is -2.81.